The summed E-state index contributed by atoms with van der Waals surface area (Å²) in [5.41, 5.74) is -1.83. The van der Waals surface area contributed by atoms with E-state index in [2.05, 4.69) is 0 Å². The third kappa shape index (κ3) is 3.83. The molecule has 3 nitrogen and oxygen atoms in total. The highest BCUT2D eigenvalue weighted by Crippen LogP contribution is 2.39. The van der Waals surface area contributed by atoms with Crippen LogP contribution >= 0.6 is 0 Å². The van der Waals surface area contributed by atoms with Gasteiger partial charge < -0.3 is 14.6 Å². The van der Waals surface area contributed by atoms with Crippen LogP contribution < -0.4 is 9.84 Å². The molecule has 0 saturated carbocycles. The fraction of sp³-hybridized carbons (Fsp3) is 0.235. The second-order valence-electron chi connectivity index (χ2n) is 5.47. The van der Waals surface area contributed by atoms with Crippen LogP contribution in [0.2, 0.25) is 0 Å². The van der Waals surface area contributed by atoms with Crippen LogP contribution in [-0.2, 0) is 11.8 Å². The molecule has 23 heavy (non-hydrogen) atoms. The number of carbonyl (C=O) groups excluding carboxylic acids is 1. The fourth-order valence-electron chi connectivity index (χ4n) is 2.14. The molecule has 122 valence electrons. The van der Waals surface area contributed by atoms with E-state index >= 15 is 0 Å². The van der Waals surface area contributed by atoms with Gasteiger partial charge in [0.15, 0.2) is 0 Å². The normalized spacial score (nSPS) is 12.0. The largest absolute Gasteiger partial charge is 0.545 e. The van der Waals surface area contributed by atoms with E-state index in [9.17, 15) is 23.1 Å². The number of halogens is 3. The third-order valence-corrected chi connectivity index (χ3v) is 3.36. The molecule has 2 aromatic rings. The van der Waals surface area contributed by atoms with Gasteiger partial charge in [-0.1, -0.05) is 36.4 Å². The number of carboxylic acid groups (broad SMARTS) is 1. The van der Waals surface area contributed by atoms with Crippen LogP contribution in [0.4, 0.5) is 13.2 Å². The minimum Gasteiger partial charge on any atom is -0.545 e. The van der Waals surface area contributed by atoms with Gasteiger partial charge in [0.1, 0.15) is 11.4 Å². The summed E-state index contributed by atoms with van der Waals surface area (Å²) in [6.45, 7) is 3.21. The van der Waals surface area contributed by atoms with E-state index < -0.39 is 29.1 Å². The Kier molecular flexibility index (Phi) is 4.36. The number of ether oxygens (including phenoxy) is 1. The maximum Gasteiger partial charge on any atom is 0.419 e. The van der Waals surface area contributed by atoms with Gasteiger partial charge in [0, 0.05) is 5.56 Å². The SMILES string of the molecule is CC(C)(Oc1cc(C(=O)[O-])ccc1C(F)(F)F)c1ccccc1. The summed E-state index contributed by atoms with van der Waals surface area (Å²) in [4.78, 5) is 10.9. The minimum absolute atomic E-state index is 0.378. The van der Waals surface area contributed by atoms with Crippen molar-refractivity contribution >= 4 is 5.97 Å². The fourth-order valence-corrected chi connectivity index (χ4v) is 2.14. The van der Waals surface area contributed by atoms with Gasteiger partial charge in [-0.25, -0.2) is 0 Å². The topological polar surface area (TPSA) is 49.4 Å². The Bertz CT molecular complexity index is 707. The summed E-state index contributed by atoms with van der Waals surface area (Å²) >= 11 is 0. The molecule has 0 aliphatic heterocycles. The number of hydrogen-bond acceptors (Lipinski definition) is 3. The van der Waals surface area contributed by atoms with Gasteiger partial charge in [-0.2, -0.15) is 13.2 Å². The van der Waals surface area contributed by atoms with E-state index in [0.29, 0.717) is 11.6 Å². The Balaban J connectivity index is 2.48. The molecule has 0 amide bonds. The molecule has 0 unspecified atom stereocenters. The first-order chi connectivity index (χ1) is 10.6. The minimum atomic E-state index is -4.66. The number of benzene rings is 2. The first-order valence-electron chi connectivity index (χ1n) is 6.78. The van der Waals surface area contributed by atoms with Crippen molar-refractivity contribution in [2.45, 2.75) is 25.6 Å². The van der Waals surface area contributed by atoms with Crippen molar-refractivity contribution in [2.75, 3.05) is 0 Å². The van der Waals surface area contributed by atoms with Gasteiger partial charge in [0.25, 0.3) is 0 Å². The predicted molar refractivity (Wildman–Crippen MR) is 75.9 cm³/mol. The van der Waals surface area contributed by atoms with Crippen molar-refractivity contribution in [1.29, 1.82) is 0 Å². The molecule has 0 fully saturated rings. The highest BCUT2D eigenvalue weighted by Gasteiger charge is 2.36. The number of rotatable bonds is 4. The average molecular weight is 323 g/mol. The van der Waals surface area contributed by atoms with E-state index in [1.54, 1.807) is 44.2 Å². The van der Waals surface area contributed by atoms with Crippen LogP contribution in [0.3, 0.4) is 0 Å². The molecule has 0 atom stereocenters. The van der Waals surface area contributed by atoms with E-state index in [-0.39, 0.29) is 5.56 Å². The second kappa shape index (κ2) is 5.95. The molecular formula is C17H14F3O3-. The molecule has 0 aromatic heterocycles. The zero-order chi connectivity index (χ0) is 17.3. The summed E-state index contributed by atoms with van der Waals surface area (Å²) in [6.07, 6.45) is -4.66. The Morgan fingerprint density at radius 1 is 1.04 bits per heavy atom. The van der Waals surface area contributed by atoms with Crippen LogP contribution in [0.5, 0.6) is 5.75 Å². The lowest BCUT2D eigenvalue weighted by molar-refractivity contribution is -0.255. The highest BCUT2D eigenvalue weighted by molar-refractivity contribution is 5.86. The van der Waals surface area contributed by atoms with Crippen LogP contribution in [0.25, 0.3) is 0 Å². The van der Waals surface area contributed by atoms with Gasteiger partial charge in [0.05, 0.1) is 11.5 Å². The summed E-state index contributed by atoms with van der Waals surface area (Å²) in [7, 11) is 0. The molecule has 0 heterocycles. The van der Waals surface area contributed by atoms with Crippen molar-refractivity contribution in [3.63, 3.8) is 0 Å². The molecule has 2 aromatic carbocycles. The molecule has 0 bridgehead atoms. The Morgan fingerprint density at radius 3 is 2.17 bits per heavy atom. The Morgan fingerprint density at radius 2 is 1.65 bits per heavy atom. The van der Waals surface area contributed by atoms with Crippen LogP contribution in [0, 0.1) is 0 Å². The highest BCUT2D eigenvalue weighted by atomic mass is 19.4. The quantitative estimate of drug-likeness (QED) is 0.866. The van der Waals surface area contributed by atoms with Gasteiger partial charge in [-0.05, 0) is 31.5 Å². The standard InChI is InChI=1S/C17H15F3O3/c1-16(2,12-6-4-3-5-7-12)23-14-10-11(15(21)22)8-9-13(14)17(18,19)20/h3-10H,1-2H3,(H,21,22)/p-1. The number of alkyl halides is 3. The lowest BCUT2D eigenvalue weighted by Gasteiger charge is -2.29. The summed E-state index contributed by atoms with van der Waals surface area (Å²) in [5, 5.41) is 10.9. The summed E-state index contributed by atoms with van der Waals surface area (Å²) < 4.78 is 44.9. The lowest BCUT2D eigenvalue weighted by Crippen LogP contribution is -2.27. The smallest absolute Gasteiger partial charge is 0.419 e. The molecule has 6 heteroatoms. The number of hydrogen-bond donors (Lipinski definition) is 0. The van der Waals surface area contributed by atoms with Crippen molar-refractivity contribution < 1.29 is 27.8 Å². The average Bonchev–Trinajstić information content (AvgIpc) is 2.46. The summed E-state index contributed by atoms with van der Waals surface area (Å²) in [6, 6.07) is 11.1. The monoisotopic (exact) mass is 323 g/mol. The van der Waals surface area contributed by atoms with E-state index in [4.69, 9.17) is 4.74 Å². The second-order valence-corrected chi connectivity index (χ2v) is 5.47. The summed E-state index contributed by atoms with van der Waals surface area (Å²) in [5.74, 6) is -2.12. The number of carboxylic acids is 1. The van der Waals surface area contributed by atoms with Crippen LogP contribution in [-0.4, -0.2) is 5.97 Å². The molecule has 2 rings (SSSR count). The maximum atomic E-state index is 13.1. The molecule has 0 N–H and O–H groups in total. The van der Waals surface area contributed by atoms with Crippen LogP contribution in [0.15, 0.2) is 48.5 Å². The molecule has 0 aliphatic carbocycles. The molecule has 0 saturated heterocycles. The lowest BCUT2D eigenvalue weighted by atomic mass is 9.97. The molecule has 0 aliphatic rings. The zero-order valence-corrected chi connectivity index (χ0v) is 12.5. The Labute approximate surface area is 131 Å². The maximum absolute atomic E-state index is 13.1. The predicted octanol–water partition coefficient (Wildman–Crippen LogP) is 3.38. The first-order valence-corrected chi connectivity index (χ1v) is 6.78. The van der Waals surface area contributed by atoms with Crippen molar-refractivity contribution in [2.24, 2.45) is 0 Å². The van der Waals surface area contributed by atoms with Gasteiger partial charge >= 0.3 is 6.18 Å². The van der Waals surface area contributed by atoms with Gasteiger partial charge in [-0.3, -0.25) is 0 Å². The third-order valence-electron chi connectivity index (χ3n) is 3.36. The van der Waals surface area contributed by atoms with Crippen molar-refractivity contribution in [1.82, 2.24) is 0 Å². The zero-order valence-electron chi connectivity index (χ0n) is 12.5. The van der Waals surface area contributed by atoms with Gasteiger partial charge in [-0.15, -0.1) is 0 Å². The Hall–Kier alpha value is -2.50. The van der Waals surface area contributed by atoms with Crippen LogP contribution in [0.1, 0.15) is 35.3 Å². The molecule has 0 spiro atoms. The molecule has 0 radical (unpaired) electrons. The van der Waals surface area contributed by atoms with E-state index in [1.807, 2.05) is 0 Å². The first kappa shape index (κ1) is 16.9. The van der Waals surface area contributed by atoms with E-state index in [0.717, 1.165) is 12.1 Å². The number of aromatic carboxylic acids is 1. The number of carbonyl (C=O) groups is 1. The van der Waals surface area contributed by atoms with E-state index in [1.165, 1.54) is 0 Å². The molecular weight excluding hydrogens is 309 g/mol. The van der Waals surface area contributed by atoms with Gasteiger partial charge in [0.2, 0.25) is 0 Å². The van der Waals surface area contributed by atoms with Crippen molar-refractivity contribution in [3.05, 3.63) is 65.2 Å². The van der Waals surface area contributed by atoms with Crippen molar-refractivity contribution in [3.8, 4) is 5.75 Å².